The van der Waals surface area contributed by atoms with Crippen LogP contribution in [-0.2, 0) is 13.1 Å². The smallest absolute Gasteiger partial charge is 0.331 e. The summed E-state index contributed by atoms with van der Waals surface area (Å²) in [6.45, 7) is 0.494. The minimum Gasteiger partial charge on any atom is -0.494 e. The second-order valence-corrected chi connectivity index (χ2v) is 8.69. The van der Waals surface area contributed by atoms with Gasteiger partial charge in [0.15, 0.2) is 11.6 Å². The summed E-state index contributed by atoms with van der Waals surface area (Å²) in [5.74, 6) is 11.2. The Hall–Kier alpha value is -4.19. The van der Waals surface area contributed by atoms with Gasteiger partial charge in [-0.25, -0.2) is 18.0 Å². The van der Waals surface area contributed by atoms with Crippen LogP contribution >= 0.6 is 0 Å². The first-order valence-electron chi connectivity index (χ1n) is 11.6. The highest BCUT2D eigenvalue weighted by molar-refractivity contribution is 5.67. The van der Waals surface area contributed by atoms with Gasteiger partial charge in [0.1, 0.15) is 17.7 Å². The molecule has 4 rings (SSSR count). The molecule has 3 aromatic carbocycles. The Morgan fingerprint density at radius 3 is 2.18 bits per heavy atom. The zero-order chi connectivity index (χ0) is 27.6. The van der Waals surface area contributed by atoms with Crippen LogP contribution in [0, 0.1) is 24.4 Å². The highest BCUT2D eigenvalue weighted by Gasteiger charge is 2.26. The molecule has 0 aliphatic carbocycles. The molecule has 1 heterocycles. The van der Waals surface area contributed by atoms with Crippen molar-refractivity contribution >= 4 is 0 Å². The van der Waals surface area contributed by atoms with E-state index in [9.17, 15) is 18.4 Å². The largest absolute Gasteiger partial charge is 0.494 e. The lowest BCUT2D eigenvalue weighted by Gasteiger charge is -2.27. The average Bonchev–Trinajstić information content (AvgIpc) is 2.89. The number of benzene rings is 3. The van der Waals surface area contributed by atoms with E-state index in [0.29, 0.717) is 5.56 Å². The van der Waals surface area contributed by atoms with Crippen LogP contribution in [0.2, 0.25) is 0 Å². The van der Waals surface area contributed by atoms with Gasteiger partial charge in [-0.15, -0.1) is 0 Å². The van der Waals surface area contributed by atoms with Crippen molar-refractivity contribution < 1.29 is 23.0 Å². The highest BCUT2D eigenvalue weighted by Crippen LogP contribution is 2.29. The van der Waals surface area contributed by atoms with Crippen LogP contribution in [0.15, 0.2) is 76.3 Å². The molecule has 0 saturated heterocycles. The molecule has 11 heteroatoms. The molecule has 8 nitrogen and oxygen atoms in total. The number of hydrogen-bond acceptors (Lipinski definition) is 4. The van der Waals surface area contributed by atoms with E-state index in [2.05, 4.69) is 0 Å². The third-order valence-electron chi connectivity index (χ3n) is 6.46. The summed E-state index contributed by atoms with van der Waals surface area (Å²) in [7, 11) is 1.27. The fraction of sp³-hybridized carbons (Fsp3) is 0.185. The monoisotopic (exact) mass is 525 g/mol. The van der Waals surface area contributed by atoms with E-state index in [-0.39, 0.29) is 34.2 Å². The Kier molecular flexibility index (Phi) is 7.81. The van der Waals surface area contributed by atoms with Crippen molar-refractivity contribution in [1.82, 2.24) is 9.13 Å². The number of nitrogens with two attached hydrogens (primary N) is 1. The number of nitrogens with one attached hydrogen (secondary N) is 2. The SMILES string of the molecule is COc1cccc(-c2c(C)n(Cc3c(F)cccc3F)c(=O)n(C[C@@H](c3ccccc3)[NH+]([NH-])N)c2=O)c1F. The van der Waals surface area contributed by atoms with Crippen molar-refractivity contribution in [3.63, 3.8) is 0 Å². The molecular weight excluding hydrogens is 499 g/mol. The zero-order valence-corrected chi connectivity index (χ0v) is 20.7. The lowest BCUT2D eigenvalue weighted by atomic mass is 10.0. The third kappa shape index (κ3) is 4.99. The standard InChI is InChI=1S/C27H26F3N5O3/c1-16-24(18-10-6-13-23(38-2)25(18)30)26(36)34(15-22(35(31)32)17-8-4-3-5-9-17)27(37)33(16)14-19-20(28)11-7-12-21(19)29/h3-13,22,31,35H,14-15,32H2,1-2H3/t22-/m0/s1. The lowest BCUT2D eigenvalue weighted by molar-refractivity contribution is -0.896. The Balaban J connectivity index is 2.01. The Morgan fingerprint density at radius 1 is 0.947 bits per heavy atom. The molecule has 1 unspecified atom stereocenters. The molecule has 4 aromatic rings. The summed E-state index contributed by atoms with van der Waals surface area (Å²) in [4.78, 5) is 27.4. The summed E-state index contributed by atoms with van der Waals surface area (Å²) in [5.41, 5.74) is -1.88. The van der Waals surface area contributed by atoms with Crippen molar-refractivity contribution in [3.05, 3.63) is 128 Å². The molecule has 0 radical (unpaired) electrons. The van der Waals surface area contributed by atoms with Gasteiger partial charge < -0.3 is 15.7 Å². The van der Waals surface area contributed by atoms with E-state index in [1.165, 1.54) is 38.3 Å². The second-order valence-electron chi connectivity index (χ2n) is 8.69. The molecule has 38 heavy (non-hydrogen) atoms. The molecule has 2 atom stereocenters. The molecule has 0 saturated carbocycles. The Morgan fingerprint density at radius 2 is 1.58 bits per heavy atom. The van der Waals surface area contributed by atoms with Crippen molar-refractivity contribution in [2.45, 2.75) is 26.1 Å². The number of hydrogen-bond donors (Lipinski definition) is 2. The minimum atomic E-state index is -0.885. The second kappa shape index (κ2) is 11.1. The lowest BCUT2D eigenvalue weighted by Crippen LogP contribution is -3.12. The van der Waals surface area contributed by atoms with E-state index in [1.807, 2.05) is 0 Å². The van der Waals surface area contributed by atoms with Gasteiger partial charge in [-0.05, 0) is 25.1 Å². The summed E-state index contributed by atoms with van der Waals surface area (Å²) >= 11 is 0. The van der Waals surface area contributed by atoms with Crippen molar-refractivity contribution in [3.8, 4) is 16.9 Å². The van der Waals surface area contributed by atoms with Crippen LogP contribution in [-0.4, -0.2) is 16.2 Å². The van der Waals surface area contributed by atoms with Gasteiger partial charge in [0, 0.05) is 22.4 Å². The van der Waals surface area contributed by atoms with Crippen molar-refractivity contribution in [1.29, 1.82) is 0 Å². The summed E-state index contributed by atoms with van der Waals surface area (Å²) in [6, 6.07) is 15.2. The fourth-order valence-corrected chi connectivity index (χ4v) is 4.41. The van der Waals surface area contributed by atoms with Gasteiger partial charge in [-0.2, -0.15) is 5.84 Å². The number of ether oxygens (including phenoxy) is 1. The molecule has 1 aromatic heterocycles. The molecular formula is C27H26F3N5O3. The first-order chi connectivity index (χ1) is 18.1. The van der Waals surface area contributed by atoms with E-state index < -0.39 is 46.9 Å². The van der Waals surface area contributed by atoms with E-state index >= 15 is 4.39 Å². The van der Waals surface area contributed by atoms with E-state index in [4.69, 9.17) is 16.4 Å². The fourth-order valence-electron chi connectivity index (χ4n) is 4.41. The molecule has 0 amide bonds. The maximum Gasteiger partial charge on any atom is 0.331 e. The van der Waals surface area contributed by atoms with Gasteiger partial charge in [-0.1, -0.05) is 48.5 Å². The van der Waals surface area contributed by atoms with Crippen LogP contribution in [0.1, 0.15) is 22.9 Å². The van der Waals surface area contributed by atoms with Crippen LogP contribution in [0.25, 0.3) is 17.0 Å². The van der Waals surface area contributed by atoms with Crippen LogP contribution in [0.3, 0.4) is 0 Å². The van der Waals surface area contributed by atoms with Crippen LogP contribution < -0.4 is 26.9 Å². The van der Waals surface area contributed by atoms with Gasteiger partial charge in [-0.3, -0.25) is 13.9 Å². The number of halogens is 3. The molecule has 4 N–H and O–H groups in total. The molecule has 198 valence electrons. The molecule has 0 fully saturated rings. The summed E-state index contributed by atoms with van der Waals surface area (Å²) in [5, 5.41) is -0.302. The van der Waals surface area contributed by atoms with E-state index in [1.54, 1.807) is 30.3 Å². The van der Waals surface area contributed by atoms with Crippen LogP contribution in [0.5, 0.6) is 5.75 Å². The van der Waals surface area contributed by atoms with Gasteiger partial charge in [0.2, 0.25) is 0 Å². The number of quaternary nitrogens is 1. The average molecular weight is 526 g/mol. The maximum atomic E-state index is 15.4. The number of aromatic nitrogens is 2. The van der Waals surface area contributed by atoms with Gasteiger partial charge >= 0.3 is 5.69 Å². The Bertz CT molecular complexity index is 1570. The van der Waals surface area contributed by atoms with Gasteiger partial charge in [0.25, 0.3) is 5.56 Å². The molecule has 0 aliphatic heterocycles. The first-order valence-corrected chi connectivity index (χ1v) is 11.6. The molecule has 0 spiro atoms. The predicted molar refractivity (Wildman–Crippen MR) is 136 cm³/mol. The van der Waals surface area contributed by atoms with E-state index in [0.717, 1.165) is 21.3 Å². The maximum absolute atomic E-state index is 15.4. The number of rotatable bonds is 8. The Labute approximate surface area is 216 Å². The minimum absolute atomic E-state index is 0.00476. The van der Waals surface area contributed by atoms with Crippen molar-refractivity contribution in [2.75, 3.05) is 7.11 Å². The third-order valence-corrected chi connectivity index (χ3v) is 6.46. The predicted octanol–water partition coefficient (Wildman–Crippen LogP) is 2.93. The number of nitrogens with zero attached hydrogens (tertiary/aromatic N) is 2. The number of methoxy groups -OCH3 is 1. The van der Waals surface area contributed by atoms with Gasteiger partial charge in [0.05, 0.1) is 25.8 Å². The molecule has 0 aliphatic rings. The summed E-state index contributed by atoms with van der Waals surface area (Å²) in [6.07, 6.45) is 0. The summed E-state index contributed by atoms with van der Waals surface area (Å²) < 4.78 is 51.4. The normalized spacial score (nSPS) is 12.8. The van der Waals surface area contributed by atoms with Crippen LogP contribution in [0.4, 0.5) is 13.2 Å². The molecule has 0 bridgehead atoms. The van der Waals surface area contributed by atoms with Crippen molar-refractivity contribution in [2.24, 2.45) is 5.84 Å². The highest BCUT2D eigenvalue weighted by atomic mass is 19.1. The quantitative estimate of drug-likeness (QED) is 0.273. The first kappa shape index (κ1) is 26.9. The topological polar surface area (TPSA) is 107 Å². The zero-order valence-electron chi connectivity index (χ0n) is 20.7.